The van der Waals surface area contributed by atoms with Gasteiger partial charge in [0.2, 0.25) is 0 Å². The van der Waals surface area contributed by atoms with Crippen molar-refractivity contribution in [3.8, 4) is 0 Å². The van der Waals surface area contributed by atoms with E-state index in [0.29, 0.717) is 17.6 Å². The lowest BCUT2D eigenvalue weighted by Gasteiger charge is -2.15. The molecule has 0 aliphatic carbocycles. The second-order valence-corrected chi connectivity index (χ2v) is 5.37. The predicted molar refractivity (Wildman–Crippen MR) is 84.9 cm³/mol. The number of fused-ring (bicyclic) bond motifs is 1. The van der Waals surface area contributed by atoms with Gasteiger partial charge in [0, 0.05) is 12.6 Å². The summed E-state index contributed by atoms with van der Waals surface area (Å²) in [6, 6.07) is 10.2. The van der Waals surface area contributed by atoms with Crippen molar-refractivity contribution >= 4 is 16.5 Å². The SMILES string of the molecule is CN(C)CCOCC(O)c1cccc2cccc([N+](=O)[O-])c12. The van der Waals surface area contributed by atoms with Crippen LogP contribution in [-0.2, 0) is 4.74 Å². The van der Waals surface area contributed by atoms with Crippen molar-refractivity contribution in [2.75, 3.05) is 33.9 Å². The Morgan fingerprint density at radius 1 is 1.27 bits per heavy atom. The van der Waals surface area contributed by atoms with Gasteiger partial charge in [-0.2, -0.15) is 0 Å². The molecule has 0 bridgehead atoms. The first-order valence-corrected chi connectivity index (χ1v) is 7.07. The number of non-ortho nitro benzene ring substituents is 1. The third-order valence-corrected chi connectivity index (χ3v) is 3.43. The maximum Gasteiger partial charge on any atom is 0.277 e. The van der Waals surface area contributed by atoms with Gasteiger partial charge in [-0.15, -0.1) is 0 Å². The summed E-state index contributed by atoms with van der Waals surface area (Å²) in [4.78, 5) is 12.8. The third kappa shape index (κ3) is 3.79. The molecule has 2 aromatic rings. The highest BCUT2D eigenvalue weighted by atomic mass is 16.6. The molecule has 0 heterocycles. The molecule has 0 aromatic heterocycles. The number of aliphatic hydroxyl groups is 1. The van der Waals surface area contributed by atoms with Gasteiger partial charge in [0.25, 0.3) is 5.69 Å². The van der Waals surface area contributed by atoms with Crippen LogP contribution in [0.15, 0.2) is 36.4 Å². The average molecular weight is 304 g/mol. The van der Waals surface area contributed by atoms with Gasteiger partial charge in [-0.05, 0) is 25.0 Å². The van der Waals surface area contributed by atoms with Gasteiger partial charge in [0.05, 0.1) is 23.5 Å². The van der Waals surface area contributed by atoms with Gasteiger partial charge in [0.15, 0.2) is 0 Å². The Morgan fingerprint density at radius 3 is 2.59 bits per heavy atom. The summed E-state index contributed by atoms with van der Waals surface area (Å²) in [5.74, 6) is 0. The molecular weight excluding hydrogens is 284 g/mol. The quantitative estimate of drug-likeness (QED) is 0.483. The number of hydrogen-bond acceptors (Lipinski definition) is 5. The fourth-order valence-electron chi connectivity index (χ4n) is 2.31. The van der Waals surface area contributed by atoms with Crippen molar-refractivity contribution < 1.29 is 14.8 Å². The fraction of sp³-hybridized carbons (Fsp3) is 0.375. The van der Waals surface area contributed by atoms with E-state index >= 15 is 0 Å². The first-order chi connectivity index (χ1) is 10.5. The van der Waals surface area contributed by atoms with Crippen molar-refractivity contribution in [2.24, 2.45) is 0 Å². The van der Waals surface area contributed by atoms with E-state index in [0.717, 1.165) is 11.9 Å². The van der Waals surface area contributed by atoms with Crippen LogP contribution < -0.4 is 0 Å². The Labute approximate surface area is 129 Å². The number of ether oxygens (including phenoxy) is 1. The second-order valence-electron chi connectivity index (χ2n) is 5.37. The first-order valence-electron chi connectivity index (χ1n) is 7.07. The van der Waals surface area contributed by atoms with Gasteiger partial charge in [-0.25, -0.2) is 0 Å². The Hall–Kier alpha value is -2.02. The van der Waals surface area contributed by atoms with E-state index in [1.54, 1.807) is 30.3 Å². The van der Waals surface area contributed by atoms with Crippen molar-refractivity contribution in [1.82, 2.24) is 4.90 Å². The zero-order valence-corrected chi connectivity index (χ0v) is 12.7. The largest absolute Gasteiger partial charge is 0.386 e. The van der Waals surface area contributed by atoms with E-state index in [9.17, 15) is 15.2 Å². The third-order valence-electron chi connectivity index (χ3n) is 3.43. The summed E-state index contributed by atoms with van der Waals surface area (Å²) < 4.78 is 5.45. The number of nitrogens with zero attached hydrogens (tertiary/aromatic N) is 2. The summed E-state index contributed by atoms with van der Waals surface area (Å²) in [7, 11) is 3.88. The van der Waals surface area contributed by atoms with Crippen LogP contribution in [0.2, 0.25) is 0 Å². The standard InChI is InChI=1S/C16H20N2O4/c1-17(2)9-10-22-11-15(19)13-7-3-5-12-6-4-8-14(16(12)13)18(20)21/h3-8,15,19H,9-11H2,1-2H3. The van der Waals surface area contributed by atoms with Crippen LogP contribution in [0.25, 0.3) is 10.8 Å². The maximum absolute atomic E-state index is 11.2. The normalized spacial score (nSPS) is 12.7. The molecule has 6 nitrogen and oxygen atoms in total. The fourth-order valence-corrected chi connectivity index (χ4v) is 2.31. The molecule has 1 atom stereocenters. The van der Waals surface area contributed by atoms with Gasteiger partial charge in [0.1, 0.15) is 6.10 Å². The summed E-state index contributed by atoms with van der Waals surface area (Å²) in [6.07, 6.45) is -0.896. The van der Waals surface area contributed by atoms with Gasteiger partial charge in [-0.1, -0.05) is 30.3 Å². The Bertz CT molecular complexity index is 652. The minimum atomic E-state index is -0.896. The molecular formula is C16H20N2O4. The van der Waals surface area contributed by atoms with Gasteiger partial charge >= 0.3 is 0 Å². The Morgan fingerprint density at radius 2 is 1.95 bits per heavy atom. The van der Waals surface area contributed by atoms with Crippen LogP contribution in [0, 0.1) is 10.1 Å². The average Bonchev–Trinajstić information content (AvgIpc) is 2.49. The van der Waals surface area contributed by atoms with E-state index in [1.165, 1.54) is 6.07 Å². The second kappa shape index (κ2) is 7.31. The molecule has 2 aromatic carbocycles. The number of rotatable bonds is 7. The number of hydrogen-bond donors (Lipinski definition) is 1. The van der Waals surface area contributed by atoms with E-state index in [4.69, 9.17) is 4.74 Å². The van der Waals surface area contributed by atoms with Crippen LogP contribution in [-0.4, -0.2) is 48.8 Å². The number of benzene rings is 2. The molecule has 118 valence electrons. The molecule has 0 aliphatic heterocycles. The minimum absolute atomic E-state index is 0.000409. The molecule has 0 spiro atoms. The summed E-state index contributed by atoms with van der Waals surface area (Å²) in [5, 5.41) is 22.7. The maximum atomic E-state index is 11.2. The molecule has 2 rings (SSSR count). The Kier molecular flexibility index (Phi) is 5.43. The summed E-state index contributed by atoms with van der Waals surface area (Å²) in [6.45, 7) is 1.36. The summed E-state index contributed by atoms with van der Waals surface area (Å²) in [5.41, 5.74) is 0.523. The monoisotopic (exact) mass is 304 g/mol. The molecule has 22 heavy (non-hydrogen) atoms. The van der Waals surface area contributed by atoms with Crippen LogP contribution in [0.4, 0.5) is 5.69 Å². The molecule has 0 aliphatic rings. The topological polar surface area (TPSA) is 75.8 Å². The Balaban J connectivity index is 2.25. The highest BCUT2D eigenvalue weighted by molar-refractivity contribution is 5.94. The van der Waals surface area contributed by atoms with Crippen LogP contribution >= 0.6 is 0 Å². The lowest BCUT2D eigenvalue weighted by Crippen LogP contribution is -2.19. The van der Waals surface area contributed by atoms with Crippen LogP contribution in [0.3, 0.4) is 0 Å². The smallest absolute Gasteiger partial charge is 0.277 e. The highest BCUT2D eigenvalue weighted by Crippen LogP contribution is 2.32. The zero-order valence-electron chi connectivity index (χ0n) is 12.7. The van der Waals surface area contributed by atoms with Gasteiger partial charge in [-0.3, -0.25) is 10.1 Å². The van der Waals surface area contributed by atoms with E-state index in [2.05, 4.69) is 0 Å². The predicted octanol–water partition coefficient (Wildman–Crippen LogP) is 2.36. The lowest BCUT2D eigenvalue weighted by molar-refractivity contribution is -0.383. The minimum Gasteiger partial charge on any atom is -0.386 e. The number of likely N-dealkylation sites (N-methyl/N-ethyl adjacent to an activating group) is 1. The van der Waals surface area contributed by atoms with Crippen molar-refractivity contribution in [3.63, 3.8) is 0 Å². The van der Waals surface area contributed by atoms with Crippen LogP contribution in [0.5, 0.6) is 0 Å². The lowest BCUT2D eigenvalue weighted by atomic mass is 9.99. The number of nitro benzene ring substituents is 1. The first kappa shape index (κ1) is 16.4. The van der Waals surface area contributed by atoms with E-state index < -0.39 is 11.0 Å². The molecule has 1 N–H and O–H groups in total. The molecule has 0 fully saturated rings. The number of nitro groups is 1. The molecule has 0 amide bonds. The van der Waals surface area contributed by atoms with E-state index in [-0.39, 0.29) is 12.3 Å². The molecule has 1 unspecified atom stereocenters. The summed E-state index contributed by atoms with van der Waals surface area (Å²) >= 11 is 0. The van der Waals surface area contributed by atoms with E-state index in [1.807, 2.05) is 19.0 Å². The molecule has 0 saturated carbocycles. The molecule has 6 heteroatoms. The molecule has 0 saturated heterocycles. The zero-order chi connectivity index (χ0) is 16.1. The van der Waals surface area contributed by atoms with Crippen molar-refractivity contribution in [3.05, 3.63) is 52.1 Å². The van der Waals surface area contributed by atoms with Crippen molar-refractivity contribution in [2.45, 2.75) is 6.10 Å². The number of aliphatic hydroxyl groups excluding tert-OH is 1. The highest BCUT2D eigenvalue weighted by Gasteiger charge is 2.19. The molecule has 0 radical (unpaired) electrons. The van der Waals surface area contributed by atoms with Gasteiger partial charge < -0.3 is 14.7 Å². The van der Waals surface area contributed by atoms with Crippen LogP contribution in [0.1, 0.15) is 11.7 Å². The van der Waals surface area contributed by atoms with Crippen molar-refractivity contribution in [1.29, 1.82) is 0 Å².